The highest BCUT2D eigenvalue weighted by atomic mass is 16.6. The van der Waals surface area contributed by atoms with Gasteiger partial charge in [0.15, 0.2) is 5.84 Å². The van der Waals surface area contributed by atoms with Gasteiger partial charge in [0, 0.05) is 19.2 Å². The molecule has 22 heavy (non-hydrogen) atoms. The molecule has 0 aromatic carbocycles. The number of carbonyl (C=O) groups excluding carboxylic acids is 2. The number of amidine groups is 1. The van der Waals surface area contributed by atoms with Crippen LogP contribution in [0.5, 0.6) is 0 Å². The van der Waals surface area contributed by atoms with E-state index < -0.39 is 11.7 Å². The van der Waals surface area contributed by atoms with E-state index in [9.17, 15) is 9.59 Å². The predicted octanol–water partition coefficient (Wildman–Crippen LogP) is 1.48. The molecule has 5 N–H and O–H groups in total. The standard InChI is InChI=1S/C13H19N5O4/c1-7(19)16-10-5-9(8(6-15-10)11(14)18-21)17-12(20)22-13(2,3)4/h5-6,21H,1-4H3,(H2,14,18)(H2,15,16,17,19,20). The van der Waals surface area contributed by atoms with Crippen LogP contribution in [0.4, 0.5) is 16.3 Å². The minimum Gasteiger partial charge on any atom is -0.444 e. The van der Waals surface area contributed by atoms with Gasteiger partial charge in [-0.25, -0.2) is 9.78 Å². The van der Waals surface area contributed by atoms with E-state index in [1.165, 1.54) is 19.2 Å². The molecule has 120 valence electrons. The molecule has 0 saturated heterocycles. The van der Waals surface area contributed by atoms with E-state index in [0.29, 0.717) is 0 Å². The normalized spacial score (nSPS) is 11.7. The van der Waals surface area contributed by atoms with E-state index in [1.54, 1.807) is 20.8 Å². The number of hydrogen-bond donors (Lipinski definition) is 4. The minimum absolute atomic E-state index is 0.183. The number of pyridine rings is 1. The molecule has 0 spiro atoms. The Morgan fingerprint density at radius 1 is 1.36 bits per heavy atom. The third-order valence-electron chi connectivity index (χ3n) is 2.23. The molecule has 0 unspecified atom stereocenters. The third-order valence-corrected chi connectivity index (χ3v) is 2.23. The molecular formula is C13H19N5O4. The first-order valence-electron chi connectivity index (χ1n) is 6.38. The lowest BCUT2D eigenvalue weighted by molar-refractivity contribution is -0.114. The van der Waals surface area contributed by atoms with Crippen LogP contribution in [-0.2, 0) is 9.53 Å². The lowest BCUT2D eigenvalue weighted by atomic mass is 10.2. The van der Waals surface area contributed by atoms with E-state index in [0.717, 1.165) is 0 Å². The maximum absolute atomic E-state index is 11.8. The van der Waals surface area contributed by atoms with Crippen molar-refractivity contribution in [1.82, 2.24) is 4.98 Å². The Morgan fingerprint density at radius 2 is 2.00 bits per heavy atom. The molecule has 0 fully saturated rings. The van der Waals surface area contributed by atoms with Crippen molar-refractivity contribution >= 4 is 29.3 Å². The number of oxime groups is 1. The van der Waals surface area contributed by atoms with Gasteiger partial charge in [0.25, 0.3) is 0 Å². The molecule has 0 atom stereocenters. The Bertz CT molecular complexity index is 607. The monoisotopic (exact) mass is 309 g/mol. The first-order valence-corrected chi connectivity index (χ1v) is 6.38. The Balaban J connectivity index is 3.11. The second-order valence-electron chi connectivity index (χ2n) is 5.41. The van der Waals surface area contributed by atoms with Gasteiger partial charge in [-0.3, -0.25) is 10.1 Å². The second kappa shape index (κ2) is 6.74. The van der Waals surface area contributed by atoms with Crippen LogP contribution in [0.1, 0.15) is 33.3 Å². The zero-order valence-electron chi connectivity index (χ0n) is 12.8. The number of rotatable bonds is 3. The summed E-state index contributed by atoms with van der Waals surface area (Å²) in [5.74, 6) is -0.367. The average Bonchev–Trinajstić information content (AvgIpc) is 2.35. The van der Waals surface area contributed by atoms with Crippen molar-refractivity contribution < 1.29 is 19.5 Å². The van der Waals surface area contributed by atoms with E-state index in [-0.39, 0.29) is 28.8 Å². The number of nitrogens with zero attached hydrogens (tertiary/aromatic N) is 2. The Labute approximate surface area is 127 Å². The predicted molar refractivity (Wildman–Crippen MR) is 80.9 cm³/mol. The van der Waals surface area contributed by atoms with Gasteiger partial charge in [-0.05, 0) is 20.8 Å². The van der Waals surface area contributed by atoms with Gasteiger partial charge in [0.2, 0.25) is 5.91 Å². The average molecular weight is 309 g/mol. The molecule has 1 aromatic rings. The fourth-order valence-corrected chi connectivity index (χ4v) is 1.48. The summed E-state index contributed by atoms with van der Waals surface area (Å²) in [6.45, 7) is 6.46. The highest BCUT2D eigenvalue weighted by Crippen LogP contribution is 2.20. The highest BCUT2D eigenvalue weighted by molar-refractivity contribution is 6.05. The molecule has 0 aliphatic heterocycles. The summed E-state index contributed by atoms with van der Waals surface area (Å²) in [5, 5.41) is 16.6. The van der Waals surface area contributed by atoms with Crippen LogP contribution in [0.25, 0.3) is 0 Å². The zero-order chi connectivity index (χ0) is 16.9. The fraction of sp³-hybridized carbons (Fsp3) is 0.385. The molecule has 2 amide bonds. The summed E-state index contributed by atoms with van der Waals surface area (Å²) in [7, 11) is 0. The number of amides is 2. The zero-order valence-corrected chi connectivity index (χ0v) is 12.8. The van der Waals surface area contributed by atoms with Crippen LogP contribution in [0, 0.1) is 0 Å². The molecule has 0 bridgehead atoms. The first-order chi connectivity index (χ1) is 10.1. The van der Waals surface area contributed by atoms with Gasteiger partial charge in [-0.1, -0.05) is 5.16 Å². The summed E-state index contributed by atoms with van der Waals surface area (Å²) < 4.78 is 5.13. The number of nitrogens with one attached hydrogen (secondary N) is 2. The quantitative estimate of drug-likeness (QED) is 0.289. The lowest BCUT2D eigenvalue weighted by Crippen LogP contribution is -2.28. The van der Waals surface area contributed by atoms with Gasteiger partial charge >= 0.3 is 6.09 Å². The van der Waals surface area contributed by atoms with Crippen molar-refractivity contribution in [3.63, 3.8) is 0 Å². The smallest absolute Gasteiger partial charge is 0.412 e. The van der Waals surface area contributed by atoms with Crippen molar-refractivity contribution in [2.75, 3.05) is 10.6 Å². The molecule has 1 aromatic heterocycles. The van der Waals surface area contributed by atoms with E-state index in [1.807, 2.05) is 0 Å². The largest absolute Gasteiger partial charge is 0.444 e. The summed E-state index contributed by atoms with van der Waals surface area (Å²) in [6, 6.07) is 1.37. The van der Waals surface area contributed by atoms with Crippen molar-refractivity contribution in [3.05, 3.63) is 17.8 Å². The Kier molecular flexibility index (Phi) is 5.28. The van der Waals surface area contributed by atoms with Crippen molar-refractivity contribution in [3.8, 4) is 0 Å². The molecule has 9 nitrogen and oxygen atoms in total. The number of nitrogens with two attached hydrogens (primary N) is 1. The Hall–Kier alpha value is -2.84. The van der Waals surface area contributed by atoms with Gasteiger partial charge in [-0.15, -0.1) is 0 Å². The van der Waals surface area contributed by atoms with Crippen LogP contribution in [0.15, 0.2) is 17.4 Å². The van der Waals surface area contributed by atoms with Crippen LogP contribution in [0.3, 0.4) is 0 Å². The molecule has 1 rings (SSSR count). The van der Waals surface area contributed by atoms with Crippen molar-refractivity contribution in [2.45, 2.75) is 33.3 Å². The lowest BCUT2D eigenvalue weighted by Gasteiger charge is -2.20. The maximum Gasteiger partial charge on any atom is 0.412 e. The topological polar surface area (TPSA) is 139 Å². The molecule has 1 heterocycles. The molecule has 0 aliphatic rings. The summed E-state index contributed by atoms with van der Waals surface area (Å²) in [5.41, 5.74) is 5.21. The molecule has 9 heteroatoms. The van der Waals surface area contributed by atoms with Gasteiger partial charge in [0.1, 0.15) is 11.4 Å². The summed E-state index contributed by atoms with van der Waals surface area (Å²) >= 11 is 0. The van der Waals surface area contributed by atoms with Crippen LogP contribution < -0.4 is 16.4 Å². The van der Waals surface area contributed by atoms with Gasteiger partial charge in [-0.2, -0.15) is 0 Å². The van der Waals surface area contributed by atoms with E-state index in [2.05, 4.69) is 20.8 Å². The van der Waals surface area contributed by atoms with Crippen molar-refractivity contribution in [2.24, 2.45) is 10.9 Å². The van der Waals surface area contributed by atoms with Crippen LogP contribution >= 0.6 is 0 Å². The van der Waals surface area contributed by atoms with E-state index >= 15 is 0 Å². The Morgan fingerprint density at radius 3 is 2.50 bits per heavy atom. The molecular weight excluding hydrogens is 290 g/mol. The van der Waals surface area contributed by atoms with Crippen molar-refractivity contribution in [1.29, 1.82) is 0 Å². The number of anilines is 2. The highest BCUT2D eigenvalue weighted by Gasteiger charge is 2.19. The van der Waals surface area contributed by atoms with Gasteiger partial charge < -0.3 is 21.0 Å². The SMILES string of the molecule is CC(=O)Nc1cc(NC(=O)OC(C)(C)C)c(/C(N)=N/O)cn1. The second-order valence-corrected chi connectivity index (χ2v) is 5.41. The van der Waals surface area contributed by atoms with Crippen LogP contribution in [0.2, 0.25) is 0 Å². The molecule has 0 aliphatic carbocycles. The minimum atomic E-state index is -0.723. The number of ether oxygens (including phenoxy) is 1. The molecule has 0 radical (unpaired) electrons. The first kappa shape index (κ1) is 17.2. The summed E-state index contributed by atoms with van der Waals surface area (Å²) in [4.78, 5) is 26.8. The number of hydrogen-bond acceptors (Lipinski definition) is 6. The maximum atomic E-state index is 11.8. The fourth-order valence-electron chi connectivity index (χ4n) is 1.48. The van der Waals surface area contributed by atoms with Crippen LogP contribution in [-0.4, -0.2) is 33.6 Å². The molecule has 0 saturated carbocycles. The van der Waals surface area contributed by atoms with E-state index in [4.69, 9.17) is 15.7 Å². The summed E-state index contributed by atoms with van der Waals surface area (Å²) in [6.07, 6.45) is 0.534. The number of aromatic nitrogens is 1. The van der Waals surface area contributed by atoms with Gasteiger partial charge in [0.05, 0.1) is 11.3 Å². The number of carbonyl (C=O) groups is 2. The third kappa shape index (κ3) is 5.27.